The summed E-state index contributed by atoms with van der Waals surface area (Å²) in [5, 5.41) is 4.22. The van der Waals surface area contributed by atoms with E-state index < -0.39 is 0 Å². The van der Waals surface area contributed by atoms with Gasteiger partial charge in [-0.25, -0.2) is 0 Å². The fourth-order valence-electron chi connectivity index (χ4n) is 1.54. The Morgan fingerprint density at radius 1 is 1.38 bits per heavy atom. The normalized spacial score (nSPS) is 11.0. The molecule has 2 heterocycles. The summed E-state index contributed by atoms with van der Waals surface area (Å²) in [5.41, 5.74) is 1.55. The maximum Gasteiger partial charge on any atom is 0.258 e. The van der Waals surface area contributed by atoms with Crippen LogP contribution in [-0.4, -0.2) is 14.3 Å². The molecule has 2 aromatic heterocycles. The van der Waals surface area contributed by atoms with E-state index in [0.717, 1.165) is 11.3 Å². The van der Waals surface area contributed by atoms with Gasteiger partial charge in [0, 0.05) is 24.0 Å². The Hall–Kier alpha value is -1.84. The molecule has 0 aliphatic carbocycles. The van der Waals surface area contributed by atoms with Crippen LogP contribution in [0.25, 0.3) is 5.69 Å². The van der Waals surface area contributed by atoms with Crippen molar-refractivity contribution in [2.45, 2.75) is 26.8 Å². The summed E-state index contributed by atoms with van der Waals surface area (Å²) in [4.78, 5) is 11.9. The zero-order valence-electron chi connectivity index (χ0n) is 9.71. The van der Waals surface area contributed by atoms with Gasteiger partial charge in [-0.3, -0.25) is 14.0 Å². The average Bonchev–Trinajstić information content (AvgIpc) is 2.71. The first-order chi connectivity index (χ1) is 7.59. The Kier molecular flexibility index (Phi) is 2.64. The van der Waals surface area contributed by atoms with Gasteiger partial charge in [0.2, 0.25) is 0 Å². The molecule has 0 unspecified atom stereocenters. The highest BCUT2D eigenvalue weighted by Crippen LogP contribution is 2.08. The lowest BCUT2D eigenvalue weighted by atomic mass is 10.3. The summed E-state index contributed by atoms with van der Waals surface area (Å²) in [6.07, 6.45) is 5.35. The fraction of sp³-hybridized carbons (Fsp3) is 0.333. The second-order valence-corrected chi connectivity index (χ2v) is 4.14. The number of hydrogen-bond donors (Lipinski definition) is 0. The zero-order chi connectivity index (χ0) is 11.7. The maximum atomic E-state index is 11.9. The summed E-state index contributed by atoms with van der Waals surface area (Å²) in [6.45, 7) is 5.91. The molecule has 0 aliphatic heterocycles. The van der Waals surface area contributed by atoms with Gasteiger partial charge in [-0.15, -0.1) is 0 Å². The molecule has 0 bridgehead atoms. The van der Waals surface area contributed by atoms with Crippen LogP contribution in [-0.2, 0) is 0 Å². The third-order valence-electron chi connectivity index (χ3n) is 2.53. The molecular formula is C12H15N3O. The summed E-state index contributed by atoms with van der Waals surface area (Å²) in [7, 11) is 0. The van der Waals surface area contributed by atoms with Crippen molar-refractivity contribution >= 4 is 0 Å². The van der Waals surface area contributed by atoms with E-state index in [1.165, 1.54) is 0 Å². The van der Waals surface area contributed by atoms with Gasteiger partial charge in [0.1, 0.15) is 0 Å². The second-order valence-electron chi connectivity index (χ2n) is 4.14. The van der Waals surface area contributed by atoms with Crippen LogP contribution in [0.2, 0.25) is 0 Å². The number of nitrogens with zero attached hydrogens (tertiary/aromatic N) is 3. The lowest BCUT2D eigenvalue weighted by Gasteiger charge is -2.04. The van der Waals surface area contributed by atoms with Crippen LogP contribution >= 0.6 is 0 Å². The van der Waals surface area contributed by atoms with Crippen molar-refractivity contribution in [3.8, 4) is 5.69 Å². The van der Waals surface area contributed by atoms with Gasteiger partial charge in [-0.05, 0) is 26.8 Å². The molecule has 2 rings (SSSR count). The third-order valence-corrected chi connectivity index (χ3v) is 2.53. The zero-order valence-corrected chi connectivity index (χ0v) is 9.71. The van der Waals surface area contributed by atoms with Gasteiger partial charge in [0.15, 0.2) is 0 Å². The summed E-state index contributed by atoms with van der Waals surface area (Å²) in [5.74, 6) is 0. The van der Waals surface area contributed by atoms with E-state index in [1.54, 1.807) is 17.0 Å². The molecule has 0 saturated carbocycles. The topological polar surface area (TPSA) is 39.8 Å². The van der Waals surface area contributed by atoms with Gasteiger partial charge in [-0.1, -0.05) is 6.07 Å². The molecule has 2 aromatic rings. The molecular weight excluding hydrogens is 202 g/mol. The van der Waals surface area contributed by atoms with Crippen LogP contribution < -0.4 is 5.56 Å². The molecule has 0 N–H and O–H groups in total. The minimum atomic E-state index is 0.00538. The predicted octanol–water partition coefficient (Wildman–Crippen LogP) is 1.92. The molecule has 84 valence electrons. The van der Waals surface area contributed by atoms with Crippen molar-refractivity contribution in [1.29, 1.82) is 0 Å². The quantitative estimate of drug-likeness (QED) is 0.771. The summed E-state index contributed by atoms with van der Waals surface area (Å²) in [6, 6.07) is 3.98. The first-order valence-electron chi connectivity index (χ1n) is 5.32. The van der Waals surface area contributed by atoms with Crippen molar-refractivity contribution < 1.29 is 0 Å². The molecule has 0 spiro atoms. The van der Waals surface area contributed by atoms with Gasteiger partial charge in [0.05, 0.1) is 11.9 Å². The number of hydrogen-bond acceptors (Lipinski definition) is 2. The third kappa shape index (κ3) is 1.78. The smallest absolute Gasteiger partial charge is 0.258 e. The molecule has 4 nitrogen and oxygen atoms in total. The van der Waals surface area contributed by atoms with Crippen LogP contribution in [0.3, 0.4) is 0 Å². The first-order valence-corrected chi connectivity index (χ1v) is 5.32. The minimum absolute atomic E-state index is 0.00538. The molecule has 0 saturated heterocycles. The van der Waals surface area contributed by atoms with Crippen molar-refractivity contribution in [2.75, 3.05) is 0 Å². The Bertz CT molecular complexity index is 551. The molecule has 4 heteroatoms. The number of aryl methyl sites for hydroxylation is 1. The van der Waals surface area contributed by atoms with Crippen molar-refractivity contribution in [3.63, 3.8) is 0 Å². The monoisotopic (exact) mass is 217 g/mol. The van der Waals surface area contributed by atoms with Gasteiger partial charge >= 0.3 is 0 Å². The molecule has 16 heavy (non-hydrogen) atoms. The Balaban J connectivity index is 2.51. The van der Waals surface area contributed by atoms with E-state index in [1.807, 2.05) is 29.9 Å². The van der Waals surface area contributed by atoms with E-state index >= 15 is 0 Å². The lowest BCUT2D eigenvalue weighted by molar-refractivity contribution is 0.532. The first kappa shape index (κ1) is 10.7. The van der Waals surface area contributed by atoms with E-state index in [2.05, 4.69) is 18.9 Å². The summed E-state index contributed by atoms with van der Waals surface area (Å²) >= 11 is 0. The van der Waals surface area contributed by atoms with Gasteiger partial charge in [-0.2, -0.15) is 5.10 Å². The molecule has 0 fully saturated rings. The van der Waals surface area contributed by atoms with E-state index in [9.17, 15) is 4.79 Å². The highest BCUT2D eigenvalue weighted by Gasteiger charge is 2.05. The highest BCUT2D eigenvalue weighted by atomic mass is 16.1. The van der Waals surface area contributed by atoms with Crippen LogP contribution in [0, 0.1) is 6.92 Å². The maximum absolute atomic E-state index is 11.9. The summed E-state index contributed by atoms with van der Waals surface area (Å²) < 4.78 is 3.45. The highest BCUT2D eigenvalue weighted by molar-refractivity contribution is 5.27. The van der Waals surface area contributed by atoms with E-state index in [0.29, 0.717) is 6.04 Å². The van der Waals surface area contributed by atoms with Crippen LogP contribution in [0.15, 0.2) is 35.5 Å². The van der Waals surface area contributed by atoms with Crippen molar-refractivity contribution in [1.82, 2.24) is 14.3 Å². The Morgan fingerprint density at radius 2 is 2.12 bits per heavy atom. The molecule has 0 aromatic carbocycles. The largest absolute Gasteiger partial charge is 0.281 e. The average molecular weight is 217 g/mol. The Morgan fingerprint density at radius 3 is 2.75 bits per heavy atom. The molecule has 0 radical (unpaired) electrons. The van der Waals surface area contributed by atoms with Gasteiger partial charge < -0.3 is 0 Å². The van der Waals surface area contributed by atoms with Crippen molar-refractivity contribution in [3.05, 3.63) is 46.6 Å². The van der Waals surface area contributed by atoms with Crippen molar-refractivity contribution in [2.24, 2.45) is 0 Å². The predicted molar refractivity (Wildman–Crippen MR) is 62.9 cm³/mol. The standard InChI is InChI=1S/C12H15N3O/c1-9(2)15-8-11(7-13-15)14-6-4-5-10(3)12(14)16/h4-9H,1-3H3. The van der Waals surface area contributed by atoms with E-state index in [4.69, 9.17) is 0 Å². The molecule has 0 aliphatic rings. The Labute approximate surface area is 94.1 Å². The SMILES string of the molecule is Cc1cccn(-c2cnn(C(C)C)c2)c1=O. The second kappa shape index (κ2) is 3.96. The molecule has 0 atom stereocenters. The van der Waals surface area contributed by atoms with Crippen LogP contribution in [0.1, 0.15) is 25.5 Å². The molecule has 0 amide bonds. The van der Waals surface area contributed by atoms with Crippen LogP contribution in [0.4, 0.5) is 0 Å². The lowest BCUT2D eigenvalue weighted by Crippen LogP contribution is -2.18. The van der Waals surface area contributed by atoms with Crippen LogP contribution in [0.5, 0.6) is 0 Å². The number of pyridine rings is 1. The number of rotatable bonds is 2. The fourth-order valence-corrected chi connectivity index (χ4v) is 1.54. The minimum Gasteiger partial charge on any atom is -0.281 e. The van der Waals surface area contributed by atoms with Gasteiger partial charge in [0.25, 0.3) is 5.56 Å². The van der Waals surface area contributed by atoms with E-state index in [-0.39, 0.29) is 5.56 Å². The number of aromatic nitrogens is 3.